The highest BCUT2D eigenvalue weighted by molar-refractivity contribution is 7.47. The molecular weight excluding hydrogens is 1380 g/mol. The Morgan fingerprint density at radius 3 is 0.783 bits per heavy atom. The first-order chi connectivity index (χ1) is 51.7. The van der Waals surface area contributed by atoms with Crippen LogP contribution in [-0.2, 0) is 65.4 Å². The molecule has 0 bridgehead atoms. The molecule has 0 aliphatic heterocycles. The summed E-state index contributed by atoms with van der Waals surface area (Å²) in [7, 11) is -10.0. The summed E-state index contributed by atoms with van der Waals surface area (Å²) in [6, 6.07) is 0. The summed E-state index contributed by atoms with van der Waals surface area (Å²) in [5.41, 5.74) is 0. The van der Waals surface area contributed by atoms with Gasteiger partial charge in [0.15, 0.2) is 12.2 Å². The largest absolute Gasteiger partial charge is 0.472 e. The first-order valence-corrected chi connectivity index (χ1v) is 42.3. The summed E-state index contributed by atoms with van der Waals surface area (Å²) in [6.07, 6.45) is 95.4. The van der Waals surface area contributed by atoms with Crippen LogP contribution in [0.5, 0.6) is 0 Å². The highest BCUT2D eigenvalue weighted by Gasteiger charge is 2.30. The Bertz CT molecular complexity index is 2830. The number of carbonyl (C=O) groups is 4. The standard InChI is InChI=1S/C87H136O17P2/c1-5-9-13-17-21-25-29-33-37-39-40-42-45-48-52-56-60-64-68-72-85(90)98-78-83(104-87(92)74-70-66-62-58-54-50-46-41-38-34-30-26-22-18-14-10-6-2)80-102-106(95,96)100-76-81(88)75-99-105(93,94)101-79-82(103-86(91)73-69-65-61-57-53-49-44-36-32-28-24-20-16-12-8-4)77-97-84(89)71-67-63-59-55-51-47-43-35-31-27-23-19-15-11-7-3/h9-16,21-28,33-38,40,42-44,46,48,50-52,55,60,64,81-83,88H,5-8,17-20,29-32,39,41,45,47,49,53-54,56-59,61-63,65-80H2,1-4H3,(H,93,94)(H,95,96)/b13-9-,14-10-,15-11-,16-12-,25-21-,26-22-,27-23-,28-24-,37-33-,38-34-,42-40-,43-35-,44-36-,50-46-,52-48-,55-51-,64-60-. The molecule has 19 heteroatoms. The molecule has 0 heterocycles. The number of rotatable bonds is 71. The Labute approximate surface area is 639 Å². The molecule has 0 fully saturated rings. The third kappa shape index (κ3) is 75.9. The number of aliphatic hydroxyl groups is 1. The van der Waals surface area contributed by atoms with Gasteiger partial charge in [0.05, 0.1) is 26.4 Å². The molecular formula is C87H136O17P2. The third-order valence-corrected chi connectivity index (χ3v) is 17.1. The van der Waals surface area contributed by atoms with Gasteiger partial charge in [-0.15, -0.1) is 0 Å². The van der Waals surface area contributed by atoms with E-state index in [-0.39, 0.29) is 25.7 Å². The lowest BCUT2D eigenvalue weighted by molar-refractivity contribution is -0.161. The summed E-state index contributed by atoms with van der Waals surface area (Å²) >= 11 is 0. The first-order valence-electron chi connectivity index (χ1n) is 39.3. The molecule has 0 spiro atoms. The number of phosphoric ester groups is 2. The maximum atomic E-state index is 13.1. The number of allylic oxidation sites excluding steroid dienone is 34. The van der Waals surface area contributed by atoms with E-state index in [9.17, 15) is 43.2 Å². The van der Waals surface area contributed by atoms with Gasteiger partial charge < -0.3 is 33.8 Å². The van der Waals surface area contributed by atoms with E-state index in [1.165, 1.54) is 0 Å². The fraction of sp³-hybridized carbons (Fsp3) is 0.563. The van der Waals surface area contributed by atoms with E-state index in [1.54, 1.807) is 0 Å². The van der Waals surface area contributed by atoms with Gasteiger partial charge in [-0.1, -0.05) is 266 Å². The number of esters is 4. The van der Waals surface area contributed by atoms with Crippen molar-refractivity contribution in [1.29, 1.82) is 0 Å². The zero-order chi connectivity index (χ0) is 77.4. The van der Waals surface area contributed by atoms with Gasteiger partial charge in [-0.25, -0.2) is 9.13 Å². The predicted octanol–water partition coefficient (Wildman–Crippen LogP) is 23.1. The Balaban J connectivity index is 5.54. The second-order valence-corrected chi connectivity index (χ2v) is 28.0. The minimum Gasteiger partial charge on any atom is -0.462 e. The zero-order valence-electron chi connectivity index (χ0n) is 65.0. The summed E-state index contributed by atoms with van der Waals surface area (Å²) in [5, 5.41) is 10.6. The van der Waals surface area contributed by atoms with Gasteiger partial charge in [-0.05, 0) is 173 Å². The van der Waals surface area contributed by atoms with Crippen LogP contribution >= 0.6 is 15.6 Å². The summed E-state index contributed by atoms with van der Waals surface area (Å²) < 4.78 is 68.4. The average molecular weight is 1520 g/mol. The summed E-state index contributed by atoms with van der Waals surface area (Å²) in [6.45, 7) is 4.20. The third-order valence-electron chi connectivity index (χ3n) is 15.2. The molecule has 0 rings (SSSR count). The molecule has 0 aliphatic carbocycles. The van der Waals surface area contributed by atoms with Crippen molar-refractivity contribution >= 4 is 39.5 Å². The Kier molecular flexibility index (Phi) is 72.2. The maximum absolute atomic E-state index is 13.1. The topological polar surface area (TPSA) is 237 Å². The minimum absolute atomic E-state index is 0.0205. The molecule has 0 aromatic rings. The fourth-order valence-corrected chi connectivity index (χ4v) is 11.0. The van der Waals surface area contributed by atoms with Crippen LogP contribution in [0.1, 0.15) is 259 Å². The molecule has 5 unspecified atom stereocenters. The van der Waals surface area contributed by atoms with Crippen LogP contribution in [-0.4, -0.2) is 96.7 Å². The number of hydrogen-bond acceptors (Lipinski definition) is 15. The van der Waals surface area contributed by atoms with E-state index in [1.807, 2.05) is 18.2 Å². The number of carbonyl (C=O) groups excluding carboxylic acids is 4. The van der Waals surface area contributed by atoms with Gasteiger partial charge in [0, 0.05) is 25.7 Å². The molecule has 106 heavy (non-hydrogen) atoms. The average Bonchev–Trinajstić information content (AvgIpc) is 0.902. The van der Waals surface area contributed by atoms with Crippen LogP contribution in [0.3, 0.4) is 0 Å². The van der Waals surface area contributed by atoms with Crippen molar-refractivity contribution in [3.05, 3.63) is 207 Å². The van der Waals surface area contributed by atoms with Crippen molar-refractivity contribution in [1.82, 2.24) is 0 Å². The van der Waals surface area contributed by atoms with Crippen LogP contribution in [0.2, 0.25) is 0 Å². The van der Waals surface area contributed by atoms with Crippen molar-refractivity contribution in [2.24, 2.45) is 0 Å². The molecule has 17 nitrogen and oxygen atoms in total. The molecule has 0 saturated carbocycles. The molecule has 3 N–H and O–H groups in total. The molecule has 0 amide bonds. The number of unbranched alkanes of at least 4 members (excludes halogenated alkanes) is 11. The van der Waals surface area contributed by atoms with Crippen molar-refractivity contribution in [3.63, 3.8) is 0 Å². The molecule has 5 atom stereocenters. The SMILES string of the molecule is CC/C=C\C/C=C\C/C=C\C/C=C\C/C=C\C/C=C\CCC(=O)OCC(COP(=O)(O)OCC(O)COP(=O)(O)OCC(COC(=O)CCCC/C=C\C/C=C\C/C=C\C/C=C\CC)OC(=O)CCCCCCC/C=C\C/C=C\C/C=C\CC)OC(=O)CCCCCC/C=C\C/C=C\C/C=C\C/C=C\CC. The van der Waals surface area contributed by atoms with E-state index in [4.69, 9.17) is 37.0 Å². The van der Waals surface area contributed by atoms with Crippen LogP contribution in [0.25, 0.3) is 0 Å². The van der Waals surface area contributed by atoms with Gasteiger partial charge >= 0.3 is 39.5 Å². The maximum Gasteiger partial charge on any atom is 0.472 e. The highest BCUT2D eigenvalue weighted by Crippen LogP contribution is 2.45. The van der Waals surface area contributed by atoms with Gasteiger partial charge in [0.2, 0.25) is 0 Å². The normalized spacial score (nSPS) is 15.0. The van der Waals surface area contributed by atoms with Gasteiger partial charge in [0.25, 0.3) is 0 Å². The van der Waals surface area contributed by atoms with Crippen molar-refractivity contribution in [3.8, 4) is 0 Å². The van der Waals surface area contributed by atoms with Gasteiger partial charge in [-0.2, -0.15) is 0 Å². The van der Waals surface area contributed by atoms with Crippen molar-refractivity contribution in [2.75, 3.05) is 39.6 Å². The fourth-order valence-electron chi connectivity index (χ4n) is 9.42. The molecule has 0 saturated heterocycles. The lowest BCUT2D eigenvalue weighted by Crippen LogP contribution is -2.30. The van der Waals surface area contributed by atoms with Crippen LogP contribution in [0.4, 0.5) is 0 Å². The quantitative estimate of drug-likeness (QED) is 0.0169. The summed E-state index contributed by atoms with van der Waals surface area (Å²) in [4.78, 5) is 73.0. The van der Waals surface area contributed by atoms with Crippen LogP contribution in [0.15, 0.2) is 207 Å². The Morgan fingerprint density at radius 1 is 0.264 bits per heavy atom. The molecule has 0 aliphatic rings. The lowest BCUT2D eigenvalue weighted by Gasteiger charge is -2.21. The molecule has 0 aromatic carbocycles. The van der Waals surface area contributed by atoms with Gasteiger partial charge in [-0.3, -0.25) is 37.3 Å². The Morgan fingerprint density at radius 2 is 0.481 bits per heavy atom. The minimum atomic E-state index is -5.02. The summed E-state index contributed by atoms with van der Waals surface area (Å²) in [5.74, 6) is -2.39. The Hall–Kier alpha value is -6.36. The van der Waals surface area contributed by atoms with Crippen molar-refractivity contribution in [2.45, 2.75) is 277 Å². The van der Waals surface area contributed by atoms with Crippen molar-refractivity contribution < 1.29 is 80.2 Å². The lowest BCUT2D eigenvalue weighted by atomic mass is 10.1. The van der Waals surface area contributed by atoms with E-state index in [2.05, 4.69) is 216 Å². The van der Waals surface area contributed by atoms with Crippen LogP contribution < -0.4 is 0 Å². The second kappa shape index (κ2) is 76.8. The number of phosphoric acid groups is 2. The molecule has 0 aromatic heterocycles. The second-order valence-electron chi connectivity index (χ2n) is 25.1. The van der Waals surface area contributed by atoms with E-state index >= 15 is 0 Å². The van der Waals surface area contributed by atoms with E-state index in [0.717, 1.165) is 173 Å². The molecule has 596 valence electrons. The number of hydrogen-bond donors (Lipinski definition) is 3. The van der Waals surface area contributed by atoms with E-state index in [0.29, 0.717) is 32.1 Å². The monoisotopic (exact) mass is 1510 g/mol. The van der Waals surface area contributed by atoms with Crippen LogP contribution in [0, 0.1) is 0 Å². The zero-order valence-corrected chi connectivity index (χ0v) is 66.8. The number of aliphatic hydroxyl groups excluding tert-OH is 1. The first kappa shape index (κ1) is 99.6. The predicted molar refractivity (Wildman–Crippen MR) is 435 cm³/mol. The highest BCUT2D eigenvalue weighted by atomic mass is 31.2. The molecule has 0 radical (unpaired) electrons. The van der Waals surface area contributed by atoms with Gasteiger partial charge in [0.1, 0.15) is 19.3 Å². The van der Waals surface area contributed by atoms with E-state index < -0.39 is 97.5 Å². The number of ether oxygens (including phenoxy) is 4. The smallest absolute Gasteiger partial charge is 0.462 e.